The molecule has 0 atom stereocenters. The Morgan fingerprint density at radius 3 is 2.68 bits per heavy atom. The summed E-state index contributed by atoms with van der Waals surface area (Å²) >= 11 is 0. The van der Waals surface area contributed by atoms with Crippen molar-refractivity contribution in [3.8, 4) is 5.75 Å². The van der Waals surface area contributed by atoms with Crippen molar-refractivity contribution < 1.29 is 4.74 Å². The topological polar surface area (TPSA) is 83.8 Å². The summed E-state index contributed by atoms with van der Waals surface area (Å²) in [5, 5.41) is 8.08. The van der Waals surface area contributed by atoms with Crippen LogP contribution >= 0.6 is 0 Å². The van der Waals surface area contributed by atoms with Crippen molar-refractivity contribution in [2.24, 2.45) is 9.98 Å². The summed E-state index contributed by atoms with van der Waals surface area (Å²) in [6, 6.07) is 5.95. The zero-order valence-electron chi connectivity index (χ0n) is 20.7. The Balaban J connectivity index is 1.95. The number of aliphatic imine (C=N–C) groups is 2. The van der Waals surface area contributed by atoms with Gasteiger partial charge in [0.15, 0.2) is 5.82 Å². The molecule has 7 nitrogen and oxygen atoms in total. The molecule has 0 spiro atoms. The first kappa shape index (κ1) is 24.6. The highest BCUT2D eigenvalue weighted by molar-refractivity contribution is 6.11. The Morgan fingerprint density at radius 2 is 2.03 bits per heavy atom. The van der Waals surface area contributed by atoms with Crippen LogP contribution < -0.4 is 25.9 Å². The Labute approximate surface area is 201 Å². The molecule has 2 N–H and O–H groups in total. The van der Waals surface area contributed by atoms with E-state index in [-0.39, 0.29) is 0 Å². The molecule has 0 bridgehead atoms. The van der Waals surface area contributed by atoms with Gasteiger partial charge in [-0.2, -0.15) is 0 Å². The van der Waals surface area contributed by atoms with Crippen LogP contribution in [0, 0.1) is 6.92 Å². The average Bonchev–Trinajstić information content (AvgIpc) is 2.85. The van der Waals surface area contributed by atoms with Crippen molar-refractivity contribution in [3.05, 3.63) is 76.2 Å². The summed E-state index contributed by atoms with van der Waals surface area (Å²) in [6.07, 6.45) is 14.5. The van der Waals surface area contributed by atoms with Gasteiger partial charge in [-0.25, -0.2) is 15.0 Å². The largest absolute Gasteiger partial charge is 0.457 e. The van der Waals surface area contributed by atoms with Crippen LogP contribution in [0.1, 0.15) is 32.8 Å². The standard InChI is InChI=1S/C27H32N6O/c1-7-10-20-17-31-27(29-6)33-25(20)26(30-9-3)32-21-12-14-24(18(4)15-21)34-22-13-11-19(8-2)23(16-22)28-5/h8-17,32H,7H2,1-6H3,(H,29,33)/b19-8-,20-10+,26-25-,28-23?,30-9-. The first-order valence-corrected chi connectivity index (χ1v) is 11.4. The van der Waals surface area contributed by atoms with Gasteiger partial charge in [-0.3, -0.25) is 4.99 Å². The number of ether oxygens (including phenoxy) is 1. The predicted octanol–water partition coefficient (Wildman–Crippen LogP) is 4.14. The number of benzene rings is 1. The van der Waals surface area contributed by atoms with Gasteiger partial charge >= 0.3 is 0 Å². The maximum atomic E-state index is 6.15. The van der Waals surface area contributed by atoms with E-state index in [4.69, 9.17) is 4.74 Å². The molecule has 0 fully saturated rings. The van der Waals surface area contributed by atoms with Crippen molar-refractivity contribution in [2.45, 2.75) is 34.1 Å². The van der Waals surface area contributed by atoms with Crippen LogP contribution in [0.5, 0.6) is 5.75 Å². The zero-order valence-corrected chi connectivity index (χ0v) is 20.7. The van der Waals surface area contributed by atoms with E-state index in [1.165, 1.54) is 0 Å². The Morgan fingerprint density at radius 1 is 1.21 bits per heavy atom. The van der Waals surface area contributed by atoms with Gasteiger partial charge < -0.3 is 15.4 Å². The number of nitrogens with one attached hydrogen (secondary N) is 2. The highest BCUT2D eigenvalue weighted by atomic mass is 16.5. The second-order valence-electron chi connectivity index (χ2n) is 7.54. The minimum atomic E-state index is 0.540. The van der Waals surface area contributed by atoms with Gasteiger partial charge in [-0.15, -0.1) is 0 Å². The number of nitrogens with zero attached hydrogens (tertiary/aromatic N) is 4. The van der Waals surface area contributed by atoms with Gasteiger partial charge in [0, 0.05) is 43.5 Å². The minimum Gasteiger partial charge on any atom is -0.457 e. The van der Waals surface area contributed by atoms with Gasteiger partial charge in [0.05, 0.1) is 5.71 Å². The van der Waals surface area contributed by atoms with Crippen LogP contribution in [0.2, 0.25) is 0 Å². The fourth-order valence-corrected chi connectivity index (χ4v) is 3.48. The van der Waals surface area contributed by atoms with Crippen LogP contribution in [-0.2, 0) is 0 Å². The summed E-state index contributed by atoms with van der Waals surface area (Å²) in [7, 11) is 3.58. The van der Waals surface area contributed by atoms with Crippen molar-refractivity contribution in [1.82, 2.24) is 9.97 Å². The first-order chi connectivity index (χ1) is 16.5. The second kappa shape index (κ2) is 11.7. The molecule has 1 aromatic heterocycles. The first-order valence-electron chi connectivity index (χ1n) is 11.4. The Kier molecular flexibility index (Phi) is 8.51. The van der Waals surface area contributed by atoms with Crippen molar-refractivity contribution >= 4 is 35.5 Å². The maximum absolute atomic E-state index is 6.15. The number of hydrogen-bond acceptors (Lipinski definition) is 7. The van der Waals surface area contributed by atoms with Crippen molar-refractivity contribution in [2.75, 3.05) is 24.7 Å². The molecule has 1 aliphatic carbocycles. The number of anilines is 2. The third-order valence-electron chi connectivity index (χ3n) is 5.17. The summed E-state index contributed by atoms with van der Waals surface area (Å²) < 4.78 is 6.15. The number of aromatic nitrogens is 2. The summed E-state index contributed by atoms with van der Waals surface area (Å²) in [5.41, 5.74) is 3.86. The van der Waals surface area contributed by atoms with Gasteiger partial charge in [0.1, 0.15) is 16.9 Å². The molecule has 34 heavy (non-hydrogen) atoms. The van der Waals surface area contributed by atoms with E-state index < -0.39 is 0 Å². The molecule has 1 aromatic carbocycles. The summed E-state index contributed by atoms with van der Waals surface area (Å²) in [4.78, 5) is 17.9. The normalized spacial score (nSPS) is 17.4. The molecule has 1 aliphatic rings. The molecule has 2 aromatic rings. The smallest absolute Gasteiger partial charge is 0.223 e. The highest BCUT2D eigenvalue weighted by Gasteiger charge is 2.11. The predicted molar refractivity (Wildman–Crippen MR) is 143 cm³/mol. The highest BCUT2D eigenvalue weighted by Crippen LogP contribution is 2.26. The van der Waals surface area contributed by atoms with Gasteiger partial charge in [0.2, 0.25) is 5.95 Å². The number of hydrogen-bond donors (Lipinski definition) is 2. The monoisotopic (exact) mass is 456 g/mol. The molecule has 176 valence electrons. The second-order valence-corrected chi connectivity index (χ2v) is 7.54. The molecule has 1 heterocycles. The molecular formula is C27H32N6O. The van der Waals surface area contributed by atoms with Crippen LogP contribution in [0.25, 0.3) is 11.9 Å². The van der Waals surface area contributed by atoms with E-state index in [2.05, 4.69) is 43.6 Å². The van der Waals surface area contributed by atoms with E-state index in [1.54, 1.807) is 20.3 Å². The van der Waals surface area contributed by atoms with Crippen molar-refractivity contribution in [1.29, 1.82) is 0 Å². The quantitative estimate of drug-likeness (QED) is 0.612. The fraction of sp³-hybridized carbons (Fsp3) is 0.259. The number of rotatable bonds is 7. The molecule has 0 saturated heterocycles. The molecular weight excluding hydrogens is 424 g/mol. The van der Waals surface area contributed by atoms with Gasteiger partial charge in [-0.05, 0) is 68.7 Å². The van der Waals surface area contributed by atoms with E-state index >= 15 is 0 Å². The van der Waals surface area contributed by atoms with E-state index in [0.717, 1.165) is 51.0 Å². The average molecular weight is 457 g/mol. The van der Waals surface area contributed by atoms with E-state index in [0.29, 0.717) is 11.8 Å². The molecule has 7 heteroatoms. The number of aryl methyl sites for hydroxylation is 1. The van der Waals surface area contributed by atoms with Gasteiger partial charge in [-0.1, -0.05) is 19.1 Å². The lowest BCUT2D eigenvalue weighted by atomic mass is 10.0. The third-order valence-corrected chi connectivity index (χ3v) is 5.17. The lowest BCUT2D eigenvalue weighted by Gasteiger charge is -2.15. The Bertz CT molecular complexity index is 1320. The molecule has 0 aliphatic heterocycles. The van der Waals surface area contributed by atoms with Crippen LogP contribution in [0.3, 0.4) is 0 Å². The van der Waals surface area contributed by atoms with Crippen LogP contribution in [-0.4, -0.2) is 36.0 Å². The summed E-state index contributed by atoms with van der Waals surface area (Å²) in [5.74, 6) is 2.72. The molecule has 0 radical (unpaired) electrons. The zero-order chi connectivity index (χ0) is 24.5. The lowest BCUT2D eigenvalue weighted by molar-refractivity contribution is 0.441. The van der Waals surface area contributed by atoms with Gasteiger partial charge in [0.25, 0.3) is 0 Å². The van der Waals surface area contributed by atoms with Crippen molar-refractivity contribution in [3.63, 3.8) is 0 Å². The van der Waals surface area contributed by atoms with E-state index in [1.807, 2.05) is 69.5 Å². The SMILES string of the molecule is C\C=N/C(Nc1ccc(OC2=CC(=NC)/C(=C\C)C=C2)c(C)c1)=c1/nc(NC)nc/c1=C\CC. The van der Waals surface area contributed by atoms with Crippen LogP contribution in [0.4, 0.5) is 11.6 Å². The Hall–Kier alpha value is -4.00. The lowest BCUT2D eigenvalue weighted by Crippen LogP contribution is -2.33. The minimum absolute atomic E-state index is 0.540. The molecule has 0 amide bonds. The van der Waals surface area contributed by atoms with Crippen LogP contribution in [0.15, 0.2) is 70.0 Å². The van der Waals surface area contributed by atoms with E-state index in [9.17, 15) is 0 Å². The fourth-order valence-electron chi connectivity index (χ4n) is 3.48. The number of allylic oxidation sites excluding steroid dienone is 5. The molecule has 0 unspecified atom stereocenters. The summed E-state index contributed by atoms with van der Waals surface area (Å²) in [6.45, 7) is 7.98. The maximum Gasteiger partial charge on any atom is 0.223 e. The molecule has 0 saturated carbocycles. The molecule has 3 rings (SSSR count). The third kappa shape index (κ3) is 5.86.